The van der Waals surface area contributed by atoms with Crippen LogP contribution in [0.2, 0.25) is 0 Å². The Morgan fingerprint density at radius 1 is 1.38 bits per heavy atom. The van der Waals surface area contributed by atoms with Crippen molar-refractivity contribution in [2.75, 3.05) is 11.9 Å². The van der Waals surface area contributed by atoms with Crippen LogP contribution in [0, 0.1) is 6.92 Å². The number of hydrogen-bond acceptors (Lipinski definition) is 7. The first-order chi connectivity index (χ1) is 7.78. The van der Waals surface area contributed by atoms with Crippen LogP contribution in [0.25, 0.3) is 0 Å². The number of rotatable bonds is 4. The number of anilines is 1. The molecule has 0 aliphatic heterocycles. The predicted molar refractivity (Wildman–Crippen MR) is 65.0 cm³/mol. The minimum atomic E-state index is 0.834. The minimum Gasteiger partial charge on any atom is -0.370 e. The fourth-order valence-electron chi connectivity index (χ4n) is 1.08. The SMILES string of the molecule is CCNc1cc(Sc2nnc(C)s2)ncn1. The van der Waals surface area contributed by atoms with Crippen molar-refractivity contribution in [1.82, 2.24) is 20.2 Å². The molecule has 0 bridgehead atoms. The van der Waals surface area contributed by atoms with Crippen molar-refractivity contribution in [3.63, 3.8) is 0 Å². The quantitative estimate of drug-likeness (QED) is 0.843. The summed E-state index contributed by atoms with van der Waals surface area (Å²) in [6, 6.07) is 1.91. The Hall–Kier alpha value is -1.21. The molecule has 0 unspecified atom stereocenters. The maximum Gasteiger partial charge on any atom is 0.180 e. The summed E-state index contributed by atoms with van der Waals surface area (Å²) >= 11 is 3.06. The van der Waals surface area contributed by atoms with E-state index in [1.54, 1.807) is 17.7 Å². The Labute approximate surface area is 102 Å². The van der Waals surface area contributed by atoms with Gasteiger partial charge in [-0.2, -0.15) is 0 Å². The van der Waals surface area contributed by atoms with Gasteiger partial charge in [0.25, 0.3) is 0 Å². The fourth-order valence-corrected chi connectivity index (χ4v) is 2.81. The number of aryl methyl sites for hydroxylation is 1. The average molecular weight is 253 g/mol. The summed E-state index contributed by atoms with van der Waals surface area (Å²) in [5.41, 5.74) is 0. The van der Waals surface area contributed by atoms with Gasteiger partial charge in [0.05, 0.1) is 0 Å². The van der Waals surface area contributed by atoms with Crippen LogP contribution >= 0.6 is 23.1 Å². The van der Waals surface area contributed by atoms with E-state index in [2.05, 4.69) is 25.5 Å². The zero-order valence-electron chi connectivity index (χ0n) is 8.97. The van der Waals surface area contributed by atoms with Crippen LogP contribution in [-0.4, -0.2) is 26.7 Å². The van der Waals surface area contributed by atoms with Gasteiger partial charge in [0, 0.05) is 12.6 Å². The Morgan fingerprint density at radius 3 is 2.94 bits per heavy atom. The number of nitrogens with zero attached hydrogens (tertiary/aromatic N) is 4. The zero-order valence-corrected chi connectivity index (χ0v) is 10.6. The molecule has 0 radical (unpaired) electrons. The van der Waals surface area contributed by atoms with Crippen LogP contribution in [0.5, 0.6) is 0 Å². The third-order valence-corrected chi connectivity index (χ3v) is 3.52. The highest BCUT2D eigenvalue weighted by Crippen LogP contribution is 2.28. The van der Waals surface area contributed by atoms with Gasteiger partial charge in [-0.15, -0.1) is 10.2 Å². The highest BCUT2D eigenvalue weighted by atomic mass is 32.2. The largest absolute Gasteiger partial charge is 0.370 e. The van der Waals surface area contributed by atoms with Gasteiger partial charge < -0.3 is 5.32 Å². The summed E-state index contributed by atoms with van der Waals surface area (Å²) in [7, 11) is 0. The van der Waals surface area contributed by atoms with Crippen molar-refractivity contribution in [2.24, 2.45) is 0 Å². The van der Waals surface area contributed by atoms with Gasteiger partial charge in [0.1, 0.15) is 22.2 Å². The van der Waals surface area contributed by atoms with Gasteiger partial charge in [-0.05, 0) is 25.6 Å². The van der Waals surface area contributed by atoms with Crippen LogP contribution < -0.4 is 5.32 Å². The molecule has 84 valence electrons. The molecule has 0 amide bonds. The van der Waals surface area contributed by atoms with Crippen molar-refractivity contribution in [1.29, 1.82) is 0 Å². The summed E-state index contributed by atoms with van der Waals surface area (Å²) in [6.07, 6.45) is 1.55. The normalized spacial score (nSPS) is 10.4. The summed E-state index contributed by atoms with van der Waals surface area (Å²) in [5, 5.41) is 13.0. The molecular formula is C9H11N5S2. The molecule has 0 aliphatic carbocycles. The molecule has 16 heavy (non-hydrogen) atoms. The Bertz CT molecular complexity index is 470. The Morgan fingerprint density at radius 2 is 2.25 bits per heavy atom. The number of nitrogens with one attached hydrogen (secondary N) is 1. The van der Waals surface area contributed by atoms with Crippen molar-refractivity contribution in [3.8, 4) is 0 Å². The third kappa shape index (κ3) is 2.89. The molecule has 1 N–H and O–H groups in total. The minimum absolute atomic E-state index is 0.834. The van der Waals surface area contributed by atoms with E-state index in [9.17, 15) is 0 Å². The first kappa shape index (κ1) is 11.3. The zero-order chi connectivity index (χ0) is 11.4. The Kier molecular flexibility index (Phi) is 3.68. The lowest BCUT2D eigenvalue weighted by Gasteiger charge is -2.02. The highest BCUT2D eigenvalue weighted by Gasteiger charge is 2.05. The lowest BCUT2D eigenvalue weighted by atomic mass is 10.5. The lowest BCUT2D eigenvalue weighted by Crippen LogP contribution is -1.99. The molecule has 0 fully saturated rings. The smallest absolute Gasteiger partial charge is 0.180 e. The summed E-state index contributed by atoms with van der Waals surface area (Å²) in [6.45, 7) is 4.81. The van der Waals surface area contributed by atoms with E-state index >= 15 is 0 Å². The molecule has 0 saturated carbocycles. The molecule has 0 spiro atoms. The molecule has 2 aromatic rings. The monoisotopic (exact) mass is 253 g/mol. The molecule has 2 aromatic heterocycles. The maximum atomic E-state index is 4.18. The van der Waals surface area contributed by atoms with E-state index in [1.807, 2.05) is 19.9 Å². The van der Waals surface area contributed by atoms with Gasteiger partial charge in [-0.1, -0.05) is 11.3 Å². The second kappa shape index (κ2) is 5.22. The average Bonchev–Trinajstić information content (AvgIpc) is 2.65. The highest BCUT2D eigenvalue weighted by molar-refractivity contribution is 8.01. The van der Waals surface area contributed by atoms with Gasteiger partial charge in [-0.3, -0.25) is 0 Å². The molecule has 0 aromatic carbocycles. The first-order valence-corrected chi connectivity index (χ1v) is 6.45. The maximum absolute atomic E-state index is 4.18. The van der Waals surface area contributed by atoms with E-state index in [1.165, 1.54) is 11.8 Å². The fraction of sp³-hybridized carbons (Fsp3) is 0.333. The van der Waals surface area contributed by atoms with Gasteiger partial charge in [-0.25, -0.2) is 9.97 Å². The van der Waals surface area contributed by atoms with Crippen molar-refractivity contribution in [3.05, 3.63) is 17.4 Å². The molecule has 2 heterocycles. The van der Waals surface area contributed by atoms with Crippen molar-refractivity contribution < 1.29 is 0 Å². The Balaban J connectivity index is 2.12. The van der Waals surface area contributed by atoms with Crippen LogP contribution in [0.1, 0.15) is 11.9 Å². The predicted octanol–water partition coefficient (Wildman–Crippen LogP) is 2.22. The lowest BCUT2D eigenvalue weighted by molar-refractivity contribution is 0.976. The van der Waals surface area contributed by atoms with Gasteiger partial charge >= 0.3 is 0 Å². The summed E-state index contributed by atoms with van der Waals surface area (Å²) in [5.74, 6) is 0.834. The van der Waals surface area contributed by atoms with Crippen molar-refractivity contribution in [2.45, 2.75) is 23.2 Å². The molecule has 5 nitrogen and oxygen atoms in total. The van der Waals surface area contributed by atoms with Crippen LogP contribution in [0.15, 0.2) is 21.8 Å². The molecule has 0 saturated heterocycles. The van der Waals surface area contributed by atoms with E-state index in [0.717, 1.165) is 26.7 Å². The van der Waals surface area contributed by atoms with E-state index in [4.69, 9.17) is 0 Å². The second-order valence-electron chi connectivity index (χ2n) is 2.96. The van der Waals surface area contributed by atoms with Crippen molar-refractivity contribution >= 4 is 28.9 Å². The molecular weight excluding hydrogens is 242 g/mol. The number of hydrogen-bond donors (Lipinski definition) is 1. The molecule has 7 heteroatoms. The van der Waals surface area contributed by atoms with E-state index < -0.39 is 0 Å². The van der Waals surface area contributed by atoms with E-state index in [0.29, 0.717) is 0 Å². The van der Waals surface area contributed by atoms with Crippen LogP contribution in [-0.2, 0) is 0 Å². The first-order valence-electron chi connectivity index (χ1n) is 4.82. The number of aromatic nitrogens is 4. The topological polar surface area (TPSA) is 63.6 Å². The molecule has 0 aliphatic rings. The van der Waals surface area contributed by atoms with Crippen LogP contribution in [0.4, 0.5) is 5.82 Å². The van der Waals surface area contributed by atoms with Gasteiger partial charge in [0.15, 0.2) is 4.34 Å². The van der Waals surface area contributed by atoms with E-state index in [-0.39, 0.29) is 0 Å². The van der Waals surface area contributed by atoms with Crippen LogP contribution in [0.3, 0.4) is 0 Å². The standard InChI is InChI=1S/C9H11N5S2/c1-3-10-7-4-8(12-5-11-7)16-9-14-13-6(2)15-9/h4-5H,3H2,1-2H3,(H,10,11,12). The van der Waals surface area contributed by atoms with Gasteiger partial charge in [0.2, 0.25) is 0 Å². The molecule has 2 rings (SSSR count). The molecule has 0 atom stereocenters. The second-order valence-corrected chi connectivity index (χ2v) is 5.41. The summed E-state index contributed by atoms with van der Waals surface area (Å²) in [4.78, 5) is 8.28. The summed E-state index contributed by atoms with van der Waals surface area (Å²) < 4.78 is 0.902. The third-order valence-electron chi connectivity index (χ3n) is 1.70.